The SMILES string of the molecule is O=c1[nH]c2ccc(Br)cc2c(-c2ccccc2)c1C1=NN[C@@H](c2cccc(Br)c2)C1. The Morgan fingerprint density at radius 1 is 0.867 bits per heavy atom. The van der Waals surface area contributed by atoms with Gasteiger partial charge in [0.15, 0.2) is 0 Å². The summed E-state index contributed by atoms with van der Waals surface area (Å²) < 4.78 is 1.98. The minimum atomic E-state index is -0.126. The van der Waals surface area contributed by atoms with Gasteiger partial charge >= 0.3 is 0 Å². The highest BCUT2D eigenvalue weighted by atomic mass is 79.9. The zero-order valence-electron chi connectivity index (χ0n) is 15.8. The maximum atomic E-state index is 13.2. The van der Waals surface area contributed by atoms with Crippen LogP contribution >= 0.6 is 31.9 Å². The molecule has 148 valence electrons. The van der Waals surface area contributed by atoms with E-state index in [1.165, 1.54) is 0 Å². The molecule has 0 saturated carbocycles. The zero-order chi connectivity index (χ0) is 20.7. The van der Waals surface area contributed by atoms with Gasteiger partial charge in [0.2, 0.25) is 0 Å². The Hall–Kier alpha value is -2.70. The van der Waals surface area contributed by atoms with Gasteiger partial charge in [-0.2, -0.15) is 5.10 Å². The van der Waals surface area contributed by atoms with Gasteiger partial charge < -0.3 is 10.4 Å². The Labute approximate surface area is 190 Å². The summed E-state index contributed by atoms with van der Waals surface area (Å²) in [5.41, 5.74) is 8.32. The highest BCUT2D eigenvalue weighted by molar-refractivity contribution is 9.10. The minimum Gasteiger partial charge on any atom is -0.321 e. The van der Waals surface area contributed by atoms with Gasteiger partial charge in [0.05, 0.1) is 17.3 Å². The van der Waals surface area contributed by atoms with Crippen LogP contribution in [0.1, 0.15) is 23.6 Å². The molecule has 1 aromatic heterocycles. The van der Waals surface area contributed by atoms with Crippen molar-refractivity contribution in [3.05, 3.63) is 103 Å². The lowest BCUT2D eigenvalue weighted by molar-refractivity contribution is 0.620. The Balaban J connectivity index is 1.68. The topological polar surface area (TPSA) is 57.2 Å². The molecular weight excluding hydrogens is 506 g/mol. The molecule has 1 aliphatic rings. The van der Waals surface area contributed by atoms with Gasteiger partial charge in [-0.25, -0.2) is 0 Å². The second kappa shape index (κ2) is 7.85. The Morgan fingerprint density at radius 2 is 1.67 bits per heavy atom. The standard InChI is InChI=1S/C24H17Br2N3O/c25-16-8-4-7-15(11-16)20-13-21(29-28-20)23-22(14-5-2-1-3-6-14)18-12-17(26)9-10-19(18)27-24(23)30/h1-12,20,28H,13H2,(H,27,30)/t20-/m1/s1. The van der Waals surface area contributed by atoms with Gasteiger partial charge in [0, 0.05) is 31.8 Å². The smallest absolute Gasteiger partial charge is 0.258 e. The number of benzene rings is 3. The number of aromatic amines is 1. The summed E-state index contributed by atoms with van der Waals surface area (Å²) in [4.78, 5) is 16.3. The number of hydrogen-bond acceptors (Lipinski definition) is 3. The van der Waals surface area contributed by atoms with Crippen molar-refractivity contribution in [1.82, 2.24) is 10.4 Å². The van der Waals surface area contributed by atoms with Crippen LogP contribution in [0.2, 0.25) is 0 Å². The van der Waals surface area contributed by atoms with Gasteiger partial charge in [-0.05, 0) is 41.5 Å². The van der Waals surface area contributed by atoms with Crippen molar-refractivity contribution in [3.8, 4) is 11.1 Å². The molecule has 30 heavy (non-hydrogen) atoms. The van der Waals surface area contributed by atoms with Crippen LogP contribution in [0.4, 0.5) is 0 Å². The van der Waals surface area contributed by atoms with E-state index in [0.29, 0.717) is 12.0 Å². The molecule has 4 nitrogen and oxygen atoms in total. The lowest BCUT2D eigenvalue weighted by Gasteiger charge is -2.14. The van der Waals surface area contributed by atoms with Crippen LogP contribution in [0, 0.1) is 0 Å². The van der Waals surface area contributed by atoms with Gasteiger partial charge in [-0.3, -0.25) is 4.79 Å². The van der Waals surface area contributed by atoms with Crippen LogP contribution in [0.25, 0.3) is 22.0 Å². The number of rotatable bonds is 3. The van der Waals surface area contributed by atoms with E-state index in [2.05, 4.69) is 59.5 Å². The first-order chi connectivity index (χ1) is 14.6. The van der Waals surface area contributed by atoms with E-state index in [0.717, 1.165) is 42.3 Å². The number of aromatic nitrogens is 1. The van der Waals surface area contributed by atoms with Crippen LogP contribution < -0.4 is 11.0 Å². The van der Waals surface area contributed by atoms with E-state index in [4.69, 9.17) is 0 Å². The summed E-state index contributed by atoms with van der Waals surface area (Å²) in [6.07, 6.45) is 0.638. The number of pyridine rings is 1. The molecule has 0 fully saturated rings. The molecule has 0 amide bonds. The van der Waals surface area contributed by atoms with Crippen molar-refractivity contribution in [2.75, 3.05) is 0 Å². The van der Waals surface area contributed by atoms with E-state index in [-0.39, 0.29) is 11.6 Å². The van der Waals surface area contributed by atoms with Crippen molar-refractivity contribution in [2.45, 2.75) is 12.5 Å². The number of nitrogens with one attached hydrogen (secondary N) is 2. The van der Waals surface area contributed by atoms with Crippen molar-refractivity contribution >= 4 is 48.5 Å². The van der Waals surface area contributed by atoms with Crippen molar-refractivity contribution in [3.63, 3.8) is 0 Å². The minimum absolute atomic E-state index is 0.0266. The fourth-order valence-corrected chi connectivity index (χ4v) is 4.74. The Bertz CT molecular complexity index is 1350. The molecule has 0 spiro atoms. The van der Waals surface area contributed by atoms with Crippen LogP contribution in [0.5, 0.6) is 0 Å². The molecule has 0 bridgehead atoms. The second-order valence-corrected chi connectivity index (χ2v) is 9.09. The summed E-state index contributed by atoms with van der Waals surface area (Å²) in [5, 5.41) is 5.57. The maximum absolute atomic E-state index is 13.2. The molecule has 0 radical (unpaired) electrons. The average Bonchev–Trinajstić information content (AvgIpc) is 3.23. The van der Waals surface area contributed by atoms with Gasteiger partial charge in [-0.1, -0.05) is 74.3 Å². The third-order valence-electron chi connectivity index (χ3n) is 5.33. The molecule has 3 aromatic carbocycles. The molecule has 0 aliphatic carbocycles. The first-order valence-electron chi connectivity index (χ1n) is 9.59. The third-order valence-corrected chi connectivity index (χ3v) is 6.32. The molecule has 2 heterocycles. The van der Waals surface area contributed by atoms with E-state index >= 15 is 0 Å². The number of halogens is 2. The quantitative estimate of drug-likeness (QED) is 0.338. The zero-order valence-corrected chi connectivity index (χ0v) is 19.0. The Kier molecular flexibility index (Phi) is 5.05. The monoisotopic (exact) mass is 521 g/mol. The number of H-pyrrole nitrogens is 1. The largest absolute Gasteiger partial charge is 0.321 e. The van der Waals surface area contributed by atoms with Crippen molar-refractivity contribution < 1.29 is 0 Å². The normalized spacial score (nSPS) is 15.8. The Morgan fingerprint density at radius 3 is 2.47 bits per heavy atom. The summed E-state index contributed by atoms with van der Waals surface area (Å²) in [6, 6.07) is 24.1. The van der Waals surface area contributed by atoms with Crippen molar-refractivity contribution in [1.29, 1.82) is 0 Å². The first kappa shape index (κ1) is 19.3. The lowest BCUT2D eigenvalue weighted by Crippen LogP contribution is -2.20. The molecule has 4 aromatic rings. The number of nitrogens with zero attached hydrogens (tertiary/aromatic N) is 1. The molecule has 6 heteroatoms. The highest BCUT2D eigenvalue weighted by Gasteiger charge is 2.27. The van der Waals surface area contributed by atoms with E-state index in [9.17, 15) is 4.79 Å². The molecule has 5 rings (SSSR count). The summed E-state index contributed by atoms with van der Waals surface area (Å²) in [6.45, 7) is 0. The summed E-state index contributed by atoms with van der Waals surface area (Å²) in [7, 11) is 0. The average molecular weight is 523 g/mol. The van der Waals surface area contributed by atoms with Gasteiger partial charge in [-0.15, -0.1) is 0 Å². The maximum Gasteiger partial charge on any atom is 0.258 e. The second-order valence-electron chi connectivity index (χ2n) is 7.26. The molecule has 0 unspecified atom stereocenters. The van der Waals surface area contributed by atoms with E-state index in [1.54, 1.807) is 0 Å². The van der Waals surface area contributed by atoms with E-state index in [1.807, 2.05) is 60.7 Å². The fourth-order valence-electron chi connectivity index (χ4n) is 3.96. The molecule has 0 saturated heterocycles. The molecular formula is C24H17Br2N3O. The van der Waals surface area contributed by atoms with Gasteiger partial charge in [0.1, 0.15) is 0 Å². The van der Waals surface area contributed by atoms with E-state index < -0.39 is 0 Å². The third kappa shape index (κ3) is 3.50. The predicted octanol–water partition coefficient (Wildman–Crippen LogP) is 6.16. The molecule has 2 N–H and O–H groups in total. The van der Waals surface area contributed by atoms with Crippen molar-refractivity contribution in [2.24, 2.45) is 5.10 Å². The first-order valence-corrected chi connectivity index (χ1v) is 11.2. The van der Waals surface area contributed by atoms with Crippen LogP contribution in [0.3, 0.4) is 0 Å². The highest BCUT2D eigenvalue weighted by Crippen LogP contribution is 2.34. The summed E-state index contributed by atoms with van der Waals surface area (Å²) >= 11 is 7.11. The van der Waals surface area contributed by atoms with Gasteiger partial charge in [0.25, 0.3) is 5.56 Å². The molecule has 1 aliphatic heterocycles. The van der Waals surface area contributed by atoms with Crippen LogP contribution in [0.15, 0.2) is 91.6 Å². The lowest BCUT2D eigenvalue weighted by atomic mass is 9.91. The molecule has 1 atom stereocenters. The predicted molar refractivity (Wildman–Crippen MR) is 129 cm³/mol. The fraction of sp³-hybridized carbons (Fsp3) is 0.0833. The number of fused-ring (bicyclic) bond motifs is 1. The summed E-state index contributed by atoms with van der Waals surface area (Å²) in [5.74, 6) is 0. The van der Waals surface area contributed by atoms with Crippen LogP contribution in [-0.2, 0) is 0 Å². The number of hydrazone groups is 1. The number of hydrogen-bond donors (Lipinski definition) is 2. The van der Waals surface area contributed by atoms with Crippen LogP contribution in [-0.4, -0.2) is 10.7 Å².